The van der Waals surface area contributed by atoms with E-state index in [1.807, 2.05) is 12.2 Å². The van der Waals surface area contributed by atoms with E-state index in [0.29, 0.717) is 51.6 Å². The van der Waals surface area contributed by atoms with Crippen LogP contribution in [0.25, 0.3) is 0 Å². The van der Waals surface area contributed by atoms with E-state index in [9.17, 15) is 46.7 Å². The van der Waals surface area contributed by atoms with Crippen LogP contribution in [0.2, 0.25) is 0 Å². The van der Waals surface area contributed by atoms with Gasteiger partial charge >= 0.3 is 26.0 Å². The molecule has 4 fully saturated rings. The molecule has 308 valence electrons. The summed E-state index contributed by atoms with van der Waals surface area (Å²) >= 11 is 0. The number of ether oxygens (including phenoxy) is 2. The van der Waals surface area contributed by atoms with Crippen molar-refractivity contribution in [2.75, 3.05) is 19.6 Å². The van der Waals surface area contributed by atoms with E-state index in [0.717, 1.165) is 44.6 Å². The number of hydrogen-bond acceptors (Lipinski definition) is 8. The molecule has 14 nitrogen and oxygen atoms in total. The number of unbranched alkanes of at least 4 members (excludes halogenated alkanes) is 3. The summed E-state index contributed by atoms with van der Waals surface area (Å²) in [6.45, 7) is 2.79. The van der Waals surface area contributed by atoms with E-state index in [4.69, 9.17) is 15.2 Å². The van der Waals surface area contributed by atoms with Crippen molar-refractivity contribution < 1.29 is 56.2 Å². The maximum absolute atomic E-state index is 14.0. The molecule has 5 rings (SSSR count). The van der Waals surface area contributed by atoms with Crippen LogP contribution in [0, 0.1) is 11.8 Å². The van der Waals surface area contributed by atoms with Crippen molar-refractivity contribution in [1.29, 1.82) is 0 Å². The minimum atomic E-state index is -4.62. The Morgan fingerprint density at radius 3 is 2.33 bits per heavy atom. The predicted octanol–water partition coefficient (Wildman–Crippen LogP) is 5.15. The SMILES string of the molecule is CC1C=C(C(F)(F)F)C=C(NC(=O)OC2CC(C(N)=O)N(C(=O)C(CCCCCC=CC3CC3P(=O)(O)O)NC(=O)OC3CCCC3)C2)C1N1CCCCC1. The lowest BCUT2D eigenvalue weighted by Crippen LogP contribution is -2.53. The van der Waals surface area contributed by atoms with Crippen molar-refractivity contribution in [3.63, 3.8) is 0 Å². The molecule has 55 heavy (non-hydrogen) atoms. The van der Waals surface area contributed by atoms with E-state index >= 15 is 0 Å². The van der Waals surface area contributed by atoms with Gasteiger partial charge in [-0.15, -0.1) is 0 Å². The highest BCUT2D eigenvalue weighted by Crippen LogP contribution is 2.58. The first kappa shape index (κ1) is 42.7. The second-order valence-electron chi connectivity index (χ2n) is 15.5. The first-order valence-corrected chi connectivity index (χ1v) is 21.2. The van der Waals surface area contributed by atoms with Gasteiger partial charge in [-0.25, -0.2) is 9.59 Å². The molecule has 0 aromatic carbocycles. The van der Waals surface area contributed by atoms with Crippen LogP contribution in [-0.4, -0.2) is 105 Å². The minimum Gasteiger partial charge on any atom is -0.446 e. The Bertz CT molecular complexity index is 1540. The van der Waals surface area contributed by atoms with Crippen LogP contribution in [0.15, 0.2) is 35.6 Å². The fourth-order valence-corrected chi connectivity index (χ4v) is 9.43. The van der Waals surface area contributed by atoms with Gasteiger partial charge in [0.05, 0.1) is 23.8 Å². The number of primary amides is 1. The van der Waals surface area contributed by atoms with Gasteiger partial charge in [0.25, 0.3) is 0 Å². The van der Waals surface area contributed by atoms with Crippen LogP contribution < -0.4 is 16.4 Å². The molecule has 2 saturated carbocycles. The minimum absolute atomic E-state index is 0.0602. The number of rotatable bonds is 15. The molecule has 0 spiro atoms. The number of nitrogens with zero attached hydrogens (tertiary/aromatic N) is 2. The number of allylic oxidation sites excluding steroid dienone is 4. The number of nitrogens with one attached hydrogen (secondary N) is 2. The summed E-state index contributed by atoms with van der Waals surface area (Å²) < 4.78 is 64.0. The van der Waals surface area contributed by atoms with Crippen molar-refractivity contribution in [2.24, 2.45) is 17.6 Å². The fraction of sp³-hybridized carbons (Fsp3) is 0.730. The molecule has 0 radical (unpaired) electrons. The van der Waals surface area contributed by atoms with Crippen LogP contribution in [-0.2, 0) is 23.6 Å². The molecule has 3 aliphatic carbocycles. The van der Waals surface area contributed by atoms with Crippen LogP contribution in [0.1, 0.15) is 96.8 Å². The number of alkyl halides is 3. The Morgan fingerprint density at radius 1 is 1.00 bits per heavy atom. The maximum atomic E-state index is 14.0. The first-order valence-electron chi connectivity index (χ1n) is 19.5. The maximum Gasteiger partial charge on any atom is 0.416 e. The fourth-order valence-electron chi connectivity index (χ4n) is 8.31. The molecule has 2 aliphatic heterocycles. The highest BCUT2D eigenvalue weighted by Gasteiger charge is 2.48. The summed E-state index contributed by atoms with van der Waals surface area (Å²) in [5.41, 5.74) is 4.28. The Labute approximate surface area is 319 Å². The normalized spacial score (nSPS) is 28.4. The average Bonchev–Trinajstić information content (AvgIpc) is 3.50. The Morgan fingerprint density at radius 2 is 1.69 bits per heavy atom. The number of nitrogens with two attached hydrogens (primary N) is 1. The van der Waals surface area contributed by atoms with Crippen molar-refractivity contribution in [1.82, 2.24) is 20.4 Å². The van der Waals surface area contributed by atoms with Gasteiger partial charge in [-0.1, -0.05) is 44.4 Å². The molecular weight excluding hydrogens is 746 g/mol. The molecular formula is C37H55F3N5O9P. The summed E-state index contributed by atoms with van der Waals surface area (Å²) in [6, 6.07) is -2.76. The summed E-state index contributed by atoms with van der Waals surface area (Å²) in [5, 5.41) is 5.22. The summed E-state index contributed by atoms with van der Waals surface area (Å²) in [6.07, 6.45) is 7.30. The zero-order valence-electron chi connectivity index (χ0n) is 31.3. The van der Waals surface area contributed by atoms with Crippen LogP contribution in [0.4, 0.5) is 22.8 Å². The van der Waals surface area contributed by atoms with Crippen LogP contribution in [0.5, 0.6) is 0 Å². The van der Waals surface area contributed by atoms with Crippen molar-refractivity contribution in [3.8, 4) is 0 Å². The lowest BCUT2D eigenvalue weighted by atomic mass is 9.87. The molecule has 7 unspecified atom stereocenters. The Kier molecular flexibility index (Phi) is 14.5. The smallest absolute Gasteiger partial charge is 0.416 e. The number of piperidine rings is 1. The van der Waals surface area contributed by atoms with E-state index in [-0.39, 0.29) is 37.1 Å². The van der Waals surface area contributed by atoms with Gasteiger partial charge in [0.15, 0.2) is 0 Å². The van der Waals surface area contributed by atoms with Gasteiger partial charge in [0.1, 0.15) is 24.3 Å². The van der Waals surface area contributed by atoms with E-state index in [2.05, 4.69) is 15.5 Å². The van der Waals surface area contributed by atoms with E-state index < -0.39 is 79.2 Å². The number of carbonyl (C=O) groups excluding carboxylic acids is 4. The number of hydrogen-bond donors (Lipinski definition) is 5. The van der Waals surface area contributed by atoms with Gasteiger partial charge in [0, 0.05) is 12.1 Å². The van der Waals surface area contributed by atoms with Crippen LogP contribution >= 0.6 is 7.60 Å². The number of carbonyl (C=O) groups is 4. The van der Waals surface area contributed by atoms with E-state index in [1.54, 1.807) is 6.92 Å². The number of halogens is 3. The second-order valence-corrected chi connectivity index (χ2v) is 17.4. The van der Waals surface area contributed by atoms with Gasteiger partial charge < -0.3 is 35.2 Å². The first-order chi connectivity index (χ1) is 26.0. The molecule has 18 heteroatoms. The topological polar surface area (TPSA) is 201 Å². The summed E-state index contributed by atoms with van der Waals surface area (Å²) in [7, 11) is -4.08. The zero-order valence-corrected chi connectivity index (χ0v) is 32.1. The third-order valence-electron chi connectivity index (χ3n) is 11.2. The monoisotopic (exact) mass is 801 g/mol. The lowest BCUT2D eigenvalue weighted by molar-refractivity contribution is -0.139. The van der Waals surface area contributed by atoms with E-state index in [1.165, 1.54) is 11.0 Å². The van der Waals surface area contributed by atoms with Gasteiger partial charge in [-0.05, 0) is 95.2 Å². The Balaban J connectivity index is 1.20. The van der Waals surface area contributed by atoms with Gasteiger partial charge in [0.2, 0.25) is 11.8 Å². The summed E-state index contributed by atoms with van der Waals surface area (Å²) in [5.74, 6) is -2.13. The molecule has 2 heterocycles. The van der Waals surface area contributed by atoms with Gasteiger partial charge in [-0.3, -0.25) is 24.4 Å². The molecule has 6 N–H and O–H groups in total. The molecule has 5 aliphatic rings. The molecule has 2 saturated heterocycles. The average molecular weight is 802 g/mol. The van der Waals surface area contributed by atoms with Crippen molar-refractivity contribution in [2.45, 2.75) is 139 Å². The third kappa shape index (κ3) is 12.0. The third-order valence-corrected chi connectivity index (χ3v) is 12.7. The highest BCUT2D eigenvalue weighted by atomic mass is 31.2. The zero-order chi connectivity index (χ0) is 39.9. The highest BCUT2D eigenvalue weighted by molar-refractivity contribution is 7.53. The number of alkyl carbamates (subject to hydrolysis) is 2. The lowest BCUT2D eigenvalue weighted by Gasteiger charge is -2.40. The quantitative estimate of drug-likeness (QED) is 0.0838. The molecule has 4 amide bonds. The number of amides is 4. The molecule has 0 bridgehead atoms. The predicted molar refractivity (Wildman–Crippen MR) is 195 cm³/mol. The second kappa shape index (κ2) is 18.7. The van der Waals surface area contributed by atoms with Crippen molar-refractivity contribution >= 4 is 31.6 Å². The van der Waals surface area contributed by atoms with Crippen LogP contribution in [0.3, 0.4) is 0 Å². The standard InChI is InChI=1S/C37H55F3N5O9P/c1-23-18-25(37(38,39)40)20-29(32(23)44-16-10-5-11-17-44)43-36(49)54-27-21-30(33(41)46)45(22-27)34(47)28(42-35(48)53-26-13-8-9-14-26)15-7-4-2-3-6-12-24-19-31(24)55(50,51)52/h6,12,18,20,23-24,26-28,30-32H,2-5,7-11,13-17,19,21-22H2,1H3,(H2,41,46)(H,42,48)(H,43,49)(H2,50,51,52). The Hall–Kier alpha value is -3.40. The van der Waals surface area contributed by atoms with Gasteiger partial charge in [-0.2, -0.15) is 13.2 Å². The molecule has 7 atom stereocenters. The van der Waals surface area contributed by atoms with Crippen molar-refractivity contribution in [3.05, 3.63) is 35.6 Å². The largest absolute Gasteiger partial charge is 0.446 e. The molecule has 0 aromatic rings. The number of likely N-dealkylation sites (tertiary alicyclic amines) is 2. The summed E-state index contributed by atoms with van der Waals surface area (Å²) in [4.78, 5) is 74.6. The molecule has 0 aromatic heterocycles.